The zero-order chi connectivity index (χ0) is 18.8. The molecule has 0 aliphatic carbocycles. The number of aromatic nitrogens is 1. The molecule has 0 saturated heterocycles. The van der Waals surface area contributed by atoms with Gasteiger partial charge in [0, 0.05) is 24.0 Å². The largest absolute Gasteiger partial charge is 0.497 e. The second kappa shape index (κ2) is 7.15. The monoisotopic (exact) mass is 354 g/mol. The van der Waals surface area contributed by atoms with Crippen LogP contribution in [0.15, 0.2) is 36.5 Å². The molecule has 2 aromatic rings. The van der Waals surface area contributed by atoms with Gasteiger partial charge in [-0.15, -0.1) is 0 Å². The van der Waals surface area contributed by atoms with Gasteiger partial charge in [-0.2, -0.15) is 0 Å². The average molecular weight is 354 g/mol. The van der Waals surface area contributed by atoms with Crippen molar-refractivity contribution in [2.24, 2.45) is 11.8 Å². The molecule has 26 heavy (non-hydrogen) atoms. The number of methoxy groups -OCH3 is 1. The summed E-state index contributed by atoms with van der Waals surface area (Å²) in [5, 5.41) is 9.13. The number of hydrogen-bond acceptors (Lipinski definition) is 4. The summed E-state index contributed by atoms with van der Waals surface area (Å²) in [6.45, 7) is 4.89. The van der Waals surface area contributed by atoms with Crippen LogP contribution in [0.25, 0.3) is 0 Å². The van der Waals surface area contributed by atoms with Gasteiger partial charge in [0.05, 0.1) is 7.11 Å². The van der Waals surface area contributed by atoms with Crippen LogP contribution in [0.2, 0.25) is 0 Å². The number of benzene rings is 1. The topological polar surface area (TPSA) is 79.7 Å². The van der Waals surface area contributed by atoms with Gasteiger partial charge in [-0.05, 0) is 54.2 Å². The van der Waals surface area contributed by atoms with Crippen LogP contribution >= 0.6 is 0 Å². The SMILES string of the molecule is COc1ccc2c(c1)CC(C(C)C)CN2C(=O)c1ccnc(C(=O)O)c1. The summed E-state index contributed by atoms with van der Waals surface area (Å²) in [4.78, 5) is 29.8. The third kappa shape index (κ3) is 3.40. The molecule has 0 bridgehead atoms. The summed E-state index contributed by atoms with van der Waals surface area (Å²) in [6, 6.07) is 8.58. The first-order valence-electron chi connectivity index (χ1n) is 8.58. The van der Waals surface area contributed by atoms with Gasteiger partial charge < -0.3 is 14.7 Å². The Bertz CT molecular complexity index is 847. The zero-order valence-electron chi connectivity index (χ0n) is 15.1. The molecule has 1 amide bonds. The average Bonchev–Trinajstić information content (AvgIpc) is 2.65. The van der Waals surface area contributed by atoms with E-state index in [4.69, 9.17) is 9.84 Å². The Morgan fingerprint density at radius 2 is 2.04 bits per heavy atom. The smallest absolute Gasteiger partial charge is 0.354 e. The first-order chi connectivity index (χ1) is 12.4. The van der Waals surface area contributed by atoms with Crippen molar-refractivity contribution in [2.75, 3.05) is 18.6 Å². The number of aromatic carboxylic acids is 1. The molecule has 2 heterocycles. The van der Waals surface area contributed by atoms with Crippen molar-refractivity contribution in [3.05, 3.63) is 53.3 Å². The van der Waals surface area contributed by atoms with Crippen LogP contribution in [0.3, 0.4) is 0 Å². The van der Waals surface area contributed by atoms with E-state index < -0.39 is 5.97 Å². The highest BCUT2D eigenvalue weighted by atomic mass is 16.5. The lowest BCUT2D eigenvalue weighted by Crippen LogP contribution is -2.41. The molecule has 0 radical (unpaired) electrons. The maximum atomic E-state index is 13.1. The van der Waals surface area contributed by atoms with Crippen molar-refractivity contribution in [3.8, 4) is 5.75 Å². The normalized spacial score (nSPS) is 16.3. The van der Waals surface area contributed by atoms with Crippen molar-refractivity contribution in [1.82, 2.24) is 4.98 Å². The number of fused-ring (bicyclic) bond motifs is 1. The molecule has 6 nitrogen and oxygen atoms in total. The summed E-state index contributed by atoms with van der Waals surface area (Å²) in [5.41, 5.74) is 2.10. The maximum absolute atomic E-state index is 13.1. The van der Waals surface area contributed by atoms with E-state index in [1.165, 1.54) is 12.3 Å². The third-order valence-corrected chi connectivity index (χ3v) is 4.89. The fraction of sp³-hybridized carbons (Fsp3) is 0.350. The molecule has 1 unspecified atom stereocenters. The van der Waals surface area contributed by atoms with Crippen LogP contribution < -0.4 is 9.64 Å². The Morgan fingerprint density at radius 3 is 2.69 bits per heavy atom. The van der Waals surface area contributed by atoms with E-state index in [-0.39, 0.29) is 11.6 Å². The number of amides is 1. The van der Waals surface area contributed by atoms with Crippen LogP contribution in [0.1, 0.15) is 40.3 Å². The Labute approximate surface area is 152 Å². The number of pyridine rings is 1. The predicted octanol–water partition coefficient (Wildman–Crippen LogP) is 3.26. The minimum Gasteiger partial charge on any atom is -0.497 e. The number of nitrogens with zero attached hydrogens (tertiary/aromatic N) is 2. The molecule has 1 aromatic carbocycles. The molecule has 136 valence electrons. The molecule has 0 fully saturated rings. The second-order valence-corrected chi connectivity index (χ2v) is 6.85. The summed E-state index contributed by atoms with van der Waals surface area (Å²) < 4.78 is 5.32. The number of hydrogen-bond donors (Lipinski definition) is 1. The lowest BCUT2D eigenvalue weighted by molar-refractivity contribution is 0.0690. The highest BCUT2D eigenvalue weighted by Gasteiger charge is 2.31. The van der Waals surface area contributed by atoms with Gasteiger partial charge in [0.25, 0.3) is 5.91 Å². The van der Waals surface area contributed by atoms with Gasteiger partial charge in [0.15, 0.2) is 0 Å². The van der Waals surface area contributed by atoms with E-state index in [1.54, 1.807) is 18.1 Å². The minimum atomic E-state index is -1.15. The Hall–Kier alpha value is -2.89. The summed E-state index contributed by atoms with van der Waals surface area (Å²) in [5.74, 6) is 0.129. The maximum Gasteiger partial charge on any atom is 0.354 e. The molecule has 0 saturated carbocycles. The Kier molecular flexibility index (Phi) is 4.93. The van der Waals surface area contributed by atoms with Crippen LogP contribution in [-0.4, -0.2) is 35.6 Å². The standard InChI is InChI=1S/C20H22N2O4/c1-12(2)15-8-14-9-16(26-3)4-5-18(14)22(11-15)19(23)13-6-7-21-17(10-13)20(24)25/h4-7,9-10,12,15H,8,11H2,1-3H3,(H,24,25). The Morgan fingerprint density at radius 1 is 1.27 bits per heavy atom. The van der Waals surface area contributed by atoms with Gasteiger partial charge in [-0.3, -0.25) is 4.79 Å². The second-order valence-electron chi connectivity index (χ2n) is 6.85. The fourth-order valence-electron chi connectivity index (χ4n) is 3.27. The minimum absolute atomic E-state index is 0.136. The van der Waals surface area contributed by atoms with Crippen LogP contribution in [0.4, 0.5) is 5.69 Å². The highest BCUT2D eigenvalue weighted by Crippen LogP contribution is 2.36. The van der Waals surface area contributed by atoms with Crippen LogP contribution in [-0.2, 0) is 6.42 Å². The summed E-state index contributed by atoms with van der Waals surface area (Å²) >= 11 is 0. The lowest BCUT2D eigenvalue weighted by Gasteiger charge is -2.36. The number of rotatable bonds is 4. The third-order valence-electron chi connectivity index (χ3n) is 4.89. The number of anilines is 1. The first kappa shape index (κ1) is 17.9. The van der Waals surface area contributed by atoms with E-state index >= 15 is 0 Å². The Balaban J connectivity index is 2.01. The van der Waals surface area contributed by atoms with Gasteiger partial charge in [-0.25, -0.2) is 9.78 Å². The van der Waals surface area contributed by atoms with Gasteiger partial charge in [0.2, 0.25) is 0 Å². The molecule has 6 heteroatoms. The summed E-state index contributed by atoms with van der Waals surface area (Å²) in [7, 11) is 1.62. The van der Waals surface area contributed by atoms with E-state index in [0.717, 1.165) is 23.4 Å². The number of carboxylic acid groups (broad SMARTS) is 1. The quantitative estimate of drug-likeness (QED) is 0.911. The van der Waals surface area contributed by atoms with Crippen molar-refractivity contribution in [1.29, 1.82) is 0 Å². The molecule has 1 aromatic heterocycles. The van der Waals surface area contributed by atoms with E-state index in [1.807, 2.05) is 18.2 Å². The lowest BCUT2D eigenvalue weighted by atomic mass is 9.84. The zero-order valence-corrected chi connectivity index (χ0v) is 15.1. The molecule has 3 rings (SSSR count). The van der Waals surface area contributed by atoms with Crippen molar-refractivity contribution in [3.63, 3.8) is 0 Å². The van der Waals surface area contributed by atoms with Gasteiger partial charge in [0.1, 0.15) is 11.4 Å². The molecule has 1 aliphatic rings. The summed E-state index contributed by atoms with van der Waals surface area (Å²) in [6.07, 6.45) is 2.24. The van der Waals surface area contributed by atoms with Gasteiger partial charge >= 0.3 is 5.97 Å². The number of carbonyl (C=O) groups excluding carboxylic acids is 1. The van der Waals surface area contributed by atoms with E-state index in [0.29, 0.717) is 23.9 Å². The van der Waals surface area contributed by atoms with Crippen molar-refractivity contribution in [2.45, 2.75) is 20.3 Å². The molecule has 1 atom stereocenters. The van der Waals surface area contributed by atoms with Crippen molar-refractivity contribution >= 4 is 17.6 Å². The van der Waals surface area contributed by atoms with Crippen LogP contribution in [0, 0.1) is 11.8 Å². The number of carboxylic acids is 1. The van der Waals surface area contributed by atoms with Gasteiger partial charge in [-0.1, -0.05) is 13.8 Å². The number of ether oxygens (including phenoxy) is 1. The predicted molar refractivity (Wildman–Crippen MR) is 97.9 cm³/mol. The molecule has 1 N–H and O–H groups in total. The molecule has 0 spiro atoms. The molecule has 1 aliphatic heterocycles. The number of carbonyl (C=O) groups is 2. The van der Waals surface area contributed by atoms with Crippen molar-refractivity contribution < 1.29 is 19.4 Å². The molecular formula is C20H22N2O4. The van der Waals surface area contributed by atoms with E-state index in [2.05, 4.69) is 18.8 Å². The molecular weight excluding hydrogens is 332 g/mol. The fourth-order valence-corrected chi connectivity index (χ4v) is 3.27. The highest BCUT2D eigenvalue weighted by molar-refractivity contribution is 6.07. The first-order valence-corrected chi connectivity index (χ1v) is 8.58. The van der Waals surface area contributed by atoms with E-state index in [9.17, 15) is 9.59 Å². The van der Waals surface area contributed by atoms with Crippen LogP contribution in [0.5, 0.6) is 5.75 Å².